The number of piperazine rings is 1. The largest absolute Gasteiger partial charge is 0.353 e. The number of halogens is 1. The van der Waals surface area contributed by atoms with Crippen molar-refractivity contribution in [3.8, 4) is 0 Å². The topological polar surface area (TPSA) is 91.3 Å². The maximum absolute atomic E-state index is 12.5. The molecule has 1 fully saturated rings. The molecule has 29 heavy (non-hydrogen) atoms. The van der Waals surface area contributed by atoms with Crippen LogP contribution in [-0.2, 0) is 10.0 Å². The van der Waals surface area contributed by atoms with Crippen LogP contribution in [0.1, 0.15) is 0 Å². The smallest absolute Gasteiger partial charge is 0.261 e. The minimum atomic E-state index is -3.68. The Morgan fingerprint density at radius 3 is 2.14 bits per heavy atom. The monoisotopic (exact) mass is 474 g/mol. The number of pyridine rings is 1. The average Bonchev–Trinajstić information content (AvgIpc) is 2.75. The highest BCUT2D eigenvalue weighted by molar-refractivity contribution is 9.10. The fourth-order valence-electron chi connectivity index (χ4n) is 3.04. The average molecular weight is 475 g/mol. The molecular formula is C19H19BrN6O2S. The van der Waals surface area contributed by atoms with E-state index in [2.05, 4.69) is 45.4 Å². The Bertz CT molecular complexity index is 1050. The Kier molecular flexibility index (Phi) is 5.63. The summed E-state index contributed by atoms with van der Waals surface area (Å²) < 4.78 is 28.3. The summed E-state index contributed by atoms with van der Waals surface area (Å²) in [5, 5.41) is 0. The molecule has 0 spiro atoms. The van der Waals surface area contributed by atoms with Crippen molar-refractivity contribution in [2.24, 2.45) is 0 Å². The van der Waals surface area contributed by atoms with Crippen LogP contribution in [0.2, 0.25) is 0 Å². The van der Waals surface area contributed by atoms with Crippen molar-refractivity contribution >= 4 is 43.4 Å². The van der Waals surface area contributed by atoms with Gasteiger partial charge in [-0.15, -0.1) is 0 Å². The highest BCUT2D eigenvalue weighted by Crippen LogP contribution is 2.20. The molecule has 1 aromatic carbocycles. The van der Waals surface area contributed by atoms with Gasteiger partial charge in [0.1, 0.15) is 5.82 Å². The molecule has 1 aliphatic heterocycles. The zero-order valence-electron chi connectivity index (χ0n) is 15.4. The van der Waals surface area contributed by atoms with Crippen LogP contribution in [0, 0.1) is 0 Å². The van der Waals surface area contributed by atoms with Crippen LogP contribution in [0.3, 0.4) is 0 Å². The lowest BCUT2D eigenvalue weighted by molar-refractivity contribution is 0.601. The molecule has 0 aliphatic carbocycles. The van der Waals surface area contributed by atoms with Gasteiger partial charge in [0, 0.05) is 36.8 Å². The Morgan fingerprint density at radius 1 is 0.862 bits per heavy atom. The molecule has 0 bridgehead atoms. The summed E-state index contributed by atoms with van der Waals surface area (Å²) in [5.74, 6) is 1.54. The Morgan fingerprint density at radius 2 is 1.52 bits per heavy atom. The zero-order valence-corrected chi connectivity index (χ0v) is 17.8. The number of aromatic nitrogens is 3. The number of nitrogens with zero attached hydrogens (tertiary/aromatic N) is 5. The van der Waals surface area contributed by atoms with Crippen LogP contribution < -0.4 is 14.5 Å². The molecule has 8 nitrogen and oxygen atoms in total. The number of rotatable bonds is 5. The minimum Gasteiger partial charge on any atom is -0.353 e. The second-order valence-electron chi connectivity index (χ2n) is 6.49. The Hall–Kier alpha value is -2.72. The van der Waals surface area contributed by atoms with Crippen LogP contribution in [0.15, 0.2) is 70.4 Å². The molecule has 1 aliphatic rings. The van der Waals surface area contributed by atoms with Gasteiger partial charge in [-0.2, -0.15) is 0 Å². The molecular weight excluding hydrogens is 456 g/mol. The van der Waals surface area contributed by atoms with Gasteiger partial charge in [-0.3, -0.25) is 4.72 Å². The van der Waals surface area contributed by atoms with Gasteiger partial charge >= 0.3 is 0 Å². The number of anilines is 3. The lowest BCUT2D eigenvalue weighted by atomic mass is 10.3. The maximum atomic E-state index is 12.5. The van der Waals surface area contributed by atoms with Gasteiger partial charge in [0.25, 0.3) is 10.0 Å². The van der Waals surface area contributed by atoms with Crippen LogP contribution >= 0.6 is 15.9 Å². The second kappa shape index (κ2) is 8.34. The summed E-state index contributed by atoms with van der Waals surface area (Å²) >= 11 is 3.30. The van der Waals surface area contributed by atoms with Crippen LogP contribution in [0.5, 0.6) is 0 Å². The van der Waals surface area contributed by atoms with E-state index in [1.54, 1.807) is 18.3 Å². The molecule has 2 aromatic heterocycles. The Labute approximate surface area is 177 Å². The fraction of sp³-hybridized carbons (Fsp3) is 0.211. The normalized spacial score (nSPS) is 14.7. The molecule has 150 valence electrons. The van der Waals surface area contributed by atoms with E-state index in [1.165, 1.54) is 24.5 Å². The van der Waals surface area contributed by atoms with E-state index in [-0.39, 0.29) is 4.90 Å². The third-order valence-corrected chi connectivity index (χ3v) is 6.48. The van der Waals surface area contributed by atoms with E-state index in [9.17, 15) is 8.42 Å². The first-order chi connectivity index (χ1) is 14.0. The molecule has 0 atom stereocenters. The standard InChI is InChI=1S/C19H19BrN6O2S/c20-15-4-6-17(7-5-15)29(27,28)24-16-13-22-19(23-14-16)26-11-9-25(10-12-26)18-3-1-2-8-21-18/h1-8,13-14,24H,9-12H2. The van der Waals surface area contributed by atoms with Gasteiger partial charge in [-0.05, 0) is 36.4 Å². The highest BCUT2D eigenvalue weighted by Gasteiger charge is 2.20. The summed E-state index contributed by atoms with van der Waals surface area (Å²) in [6.07, 6.45) is 4.77. The van der Waals surface area contributed by atoms with Gasteiger partial charge in [0.2, 0.25) is 5.95 Å². The quantitative estimate of drug-likeness (QED) is 0.607. The lowest BCUT2D eigenvalue weighted by Crippen LogP contribution is -2.47. The van der Waals surface area contributed by atoms with Crippen molar-refractivity contribution in [2.45, 2.75) is 4.90 Å². The number of benzene rings is 1. The van der Waals surface area contributed by atoms with Crippen LogP contribution in [0.4, 0.5) is 17.5 Å². The van der Waals surface area contributed by atoms with E-state index in [0.717, 1.165) is 36.5 Å². The third kappa shape index (κ3) is 4.65. The number of sulfonamides is 1. The summed E-state index contributed by atoms with van der Waals surface area (Å²) in [7, 11) is -3.68. The number of hydrogen-bond donors (Lipinski definition) is 1. The van der Waals surface area contributed by atoms with Crippen molar-refractivity contribution in [1.82, 2.24) is 15.0 Å². The molecule has 0 unspecified atom stereocenters. The van der Waals surface area contributed by atoms with E-state index < -0.39 is 10.0 Å². The molecule has 3 heterocycles. The van der Waals surface area contributed by atoms with Crippen LogP contribution in [0.25, 0.3) is 0 Å². The number of hydrogen-bond acceptors (Lipinski definition) is 7. The first-order valence-electron chi connectivity index (χ1n) is 9.03. The molecule has 1 N–H and O–H groups in total. The molecule has 0 saturated carbocycles. The first-order valence-corrected chi connectivity index (χ1v) is 11.3. The van der Waals surface area contributed by atoms with Crippen molar-refractivity contribution < 1.29 is 8.42 Å². The third-order valence-electron chi connectivity index (χ3n) is 4.55. The molecule has 0 radical (unpaired) electrons. The molecule has 3 aromatic rings. The number of nitrogens with one attached hydrogen (secondary N) is 1. The van der Waals surface area contributed by atoms with Crippen molar-refractivity contribution in [3.63, 3.8) is 0 Å². The van der Waals surface area contributed by atoms with Crippen molar-refractivity contribution in [2.75, 3.05) is 40.7 Å². The molecule has 10 heteroatoms. The highest BCUT2D eigenvalue weighted by atomic mass is 79.9. The SMILES string of the molecule is O=S(=O)(Nc1cnc(N2CCN(c3ccccn3)CC2)nc1)c1ccc(Br)cc1. The van der Waals surface area contributed by atoms with Gasteiger partial charge in [0.15, 0.2) is 0 Å². The van der Waals surface area contributed by atoms with E-state index in [1.807, 2.05) is 18.2 Å². The summed E-state index contributed by atoms with van der Waals surface area (Å²) in [5.41, 5.74) is 0.323. The van der Waals surface area contributed by atoms with Crippen LogP contribution in [-0.4, -0.2) is 49.5 Å². The van der Waals surface area contributed by atoms with E-state index in [0.29, 0.717) is 11.6 Å². The predicted octanol–water partition coefficient (Wildman–Crippen LogP) is 2.76. The van der Waals surface area contributed by atoms with Gasteiger partial charge in [-0.1, -0.05) is 22.0 Å². The predicted molar refractivity (Wildman–Crippen MR) is 116 cm³/mol. The van der Waals surface area contributed by atoms with Gasteiger partial charge < -0.3 is 9.80 Å². The van der Waals surface area contributed by atoms with Crippen molar-refractivity contribution in [1.29, 1.82) is 0 Å². The van der Waals surface area contributed by atoms with Gasteiger partial charge in [-0.25, -0.2) is 23.4 Å². The summed E-state index contributed by atoms with van der Waals surface area (Å²) in [4.78, 5) is 17.5. The summed E-state index contributed by atoms with van der Waals surface area (Å²) in [6.45, 7) is 3.16. The fourth-order valence-corrected chi connectivity index (χ4v) is 4.33. The van der Waals surface area contributed by atoms with E-state index >= 15 is 0 Å². The summed E-state index contributed by atoms with van der Waals surface area (Å²) in [6, 6.07) is 12.3. The minimum absolute atomic E-state index is 0.176. The molecule has 0 amide bonds. The first kappa shape index (κ1) is 19.6. The lowest BCUT2D eigenvalue weighted by Gasteiger charge is -2.35. The molecule has 4 rings (SSSR count). The Balaban J connectivity index is 1.39. The van der Waals surface area contributed by atoms with Crippen molar-refractivity contribution in [3.05, 3.63) is 65.5 Å². The molecule has 1 saturated heterocycles. The van der Waals surface area contributed by atoms with Gasteiger partial charge in [0.05, 0.1) is 23.0 Å². The zero-order chi connectivity index (χ0) is 20.3. The van der Waals surface area contributed by atoms with E-state index in [4.69, 9.17) is 0 Å². The maximum Gasteiger partial charge on any atom is 0.261 e. The second-order valence-corrected chi connectivity index (χ2v) is 9.09.